The maximum atomic E-state index is 12.9. The Balaban J connectivity index is 1.68. The molecule has 5 heteroatoms. The molecule has 1 aliphatic rings. The van der Waals surface area contributed by atoms with Crippen LogP contribution < -0.4 is 9.47 Å². The quantitative estimate of drug-likeness (QED) is 0.327. The summed E-state index contributed by atoms with van der Waals surface area (Å²) in [6, 6.07) is 11.6. The molecule has 2 aromatic carbocycles. The van der Waals surface area contributed by atoms with Crippen LogP contribution in [0.1, 0.15) is 56.5 Å². The van der Waals surface area contributed by atoms with Crippen molar-refractivity contribution in [1.29, 1.82) is 0 Å². The number of rotatable bonds is 14. The molecule has 32 heavy (non-hydrogen) atoms. The molecular formula is C27H38N2O3. The highest BCUT2D eigenvalue weighted by molar-refractivity contribution is 6.22. The molecule has 0 unspecified atom stereocenters. The minimum Gasteiger partial charge on any atom is -0.494 e. The van der Waals surface area contributed by atoms with Gasteiger partial charge in [-0.2, -0.15) is 0 Å². The van der Waals surface area contributed by atoms with Crippen molar-refractivity contribution < 1.29 is 14.3 Å². The molecule has 174 valence electrons. The number of carbonyl (C=O) groups excluding carboxylic acids is 1. The first-order valence-electron chi connectivity index (χ1n) is 12.1. The zero-order valence-electron chi connectivity index (χ0n) is 20.2. The second kappa shape index (κ2) is 12.0. The minimum absolute atomic E-state index is 0.0664. The lowest BCUT2D eigenvalue weighted by Gasteiger charge is -2.18. The molecule has 3 rings (SSSR count). The standard InChI is InChI=1S/C27H38N2O3/c1-5-28(6-2)16-10-18-31-21-14-15-22-24(20-21)26-23(27(22)30)12-9-13-25(26)32-19-11-17-29(7-3)8-4/h9,12-15,20H,5-8,10-11,16-19H2,1-4H3. The van der Waals surface area contributed by atoms with Gasteiger partial charge in [0.15, 0.2) is 5.78 Å². The number of nitrogens with zero attached hydrogens (tertiary/aromatic N) is 2. The normalized spacial score (nSPS) is 12.4. The molecule has 0 N–H and O–H groups in total. The first kappa shape index (κ1) is 24.3. The highest BCUT2D eigenvalue weighted by atomic mass is 16.5. The molecule has 0 saturated heterocycles. The fraction of sp³-hybridized carbons (Fsp3) is 0.519. The Morgan fingerprint density at radius 1 is 0.719 bits per heavy atom. The summed E-state index contributed by atoms with van der Waals surface area (Å²) < 4.78 is 12.2. The summed E-state index contributed by atoms with van der Waals surface area (Å²) in [5, 5.41) is 0. The van der Waals surface area contributed by atoms with E-state index < -0.39 is 0 Å². The van der Waals surface area contributed by atoms with Crippen LogP contribution in [0.5, 0.6) is 11.5 Å². The van der Waals surface area contributed by atoms with E-state index in [0.717, 1.165) is 85.9 Å². The largest absolute Gasteiger partial charge is 0.494 e. The summed E-state index contributed by atoms with van der Waals surface area (Å²) in [5.74, 6) is 1.66. The predicted octanol–water partition coefficient (Wildman–Crippen LogP) is 5.12. The van der Waals surface area contributed by atoms with Gasteiger partial charge in [-0.15, -0.1) is 0 Å². The number of hydrogen-bond acceptors (Lipinski definition) is 5. The fourth-order valence-corrected chi connectivity index (χ4v) is 4.31. The molecule has 1 aliphatic carbocycles. The van der Waals surface area contributed by atoms with Gasteiger partial charge in [0.2, 0.25) is 0 Å². The zero-order chi connectivity index (χ0) is 22.9. The number of carbonyl (C=O) groups is 1. The van der Waals surface area contributed by atoms with E-state index in [1.165, 1.54) is 0 Å². The number of fused-ring (bicyclic) bond motifs is 3. The Bertz CT molecular complexity index is 888. The summed E-state index contributed by atoms with van der Waals surface area (Å²) >= 11 is 0. The number of hydrogen-bond donors (Lipinski definition) is 0. The topological polar surface area (TPSA) is 42.0 Å². The van der Waals surface area contributed by atoms with Crippen LogP contribution >= 0.6 is 0 Å². The monoisotopic (exact) mass is 438 g/mol. The van der Waals surface area contributed by atoms with E-state index in [4.69, 9.17) is 9.47 Å². The second-order valence-electron chi connectivity index (χ2n) is 8.17. The number of benzene rings is 2. The van der Waals surface area contributed by atoms with Gasteiger partial charge in [0.1, 0.15) is 11.5 Å². The summed E-state index contributed by atoms with van der Waals surface area (Å²) in [6.07, 6.45) is 1.94. The third-order valence-corrected chi connectivity index (χ3v) is 6.33. The van der Waals surface area contributed by atoms with Crippen LogP contribution in [0.15, 0.2) is 36.4 Å². The molecule has 0 amide bonds. The average molecular weight is 439 g/mol. The van der Waals surface area contributed by atoms with Crippen LogP contribution in [0.2, 0.25) is 0 Å². The molecule has 0 radical (unpaired) electrons. The lowest BCUT2D eigenvalue weighted by molar-refractivity contribution is 0.104. The lowest BCUT2D eigenvalue weighted by Crippen LogP contribution is -2.25. The molecule has 0 saturated carbocycles. The van der Waals surface area contributed by atoms with Gasteiger partial charge in [0.25, 0.3) is 0 Å². The van der Waals surface area contributed by atoms with Crippen molar-refractivity contribution >= 4 is 5.78 Å². The molecule has 0 aromatic heterocycles. The van der Waals surface area contributed by atoms with Crippen LogP contribution in [0, 0.1) is 0 Å². The van der Waals surface area contributed by atoms with Crippen molar-refractivity contribution in [1.82, 2.24) is 9.80 Å². The maximum absolute atomic E-state index is 12.9. The highest BCUT2D eigenvalue weighted by Gasteiger charge is 2.30. The first-order valence-corrected chi connectivity index (χ1v) is 12.1. The van der Waals surface area contributed by atoms with E-state index in [-0.39, 0.29) is 5.78 Å². The SMILES string of the molecule is CCN(CC)CCCOc1ccc2c(c1)-c1c(OCCCN(CC)CC)cccc1C2=O. The minimum atomic E-state index is 0.0664. The number of ether oxygens (including phenoxy) is 2. The molecule has 5 nitrogen and oxygen atoms in total. The lowest BCUT2D eigenvalue weighted by atomic mass is 10.0. The molecule has 0 fully saturated rings. The van der Waals surface area contributed by atoms with Gasteiger partial charge in [-0.1, -0.05) is 39.8 Å². The first-order chi connectivity index (χ1) is 15.6. The Hall–Kier alpha value is -2.37. The van der Waals surface area contributed by atoms with Crippen molar-refractivity contribution in [3.63, 3.8) is 0 Å². The number of ketones is 1. The summed E-state index contributed by atoms with van der Waals surface area (Å²) in [7, 11) is 0. The molecule has 2 aromatic rings. The van der Waals surface area contributed by atoms with Crippen molar-refractivity contribution in [2.75, 3.05) is 52.5 Å². The van der Waals surface area contributed by atoms with Gasteiger partial charge in [0, 0.05) is 35.3 Å². The van der Waals surface area contributed by atoms with Gasteiger partial charge in [-0.25, -0.2) is 0 Å². The molecule has 0 atom stereocenters. The predicted molar refractivity (Wildman–Crippen MR) is 131 cm³/mol. The third-order valence-electron chi connectivity index (χ3n) is 6.33. The Morgan fingerprint density at radius 2 is 1.34 bits per heavy atom. The van der Waals surface area contributed by atoms with Crippen LogP contribution in [-0.2, 0) is 0 Å². The van der Waals surface area contributed by atoms with Crippen molar-refractivity contribution in [2.45, 2.75) is 40.5 Å². The zero-order valence-corrected chi connectivity index (χ0v) is 20.2. The maximum Gasteiger partial charge on any atom is 0.194 e. The van der Waals surface area contributed by atoms with E-state index in [1.807, 2.05) is 36.4 Å². The molecule has 0 aliphatic heterocycles. The van der Waals surface area contributed by atoms with Gasteiger partial charge in [-0.05, 0) is 63.3 Å². The van der Waals surface area contributed by atoms with Crippen molar-refractivity contribution in [3.05, 3.63) is 47.5 Å². The third kappa shape index (κ3) is 5.70. The van der Waals surface area contributed by atoms with Gasteiger partial charge < -0.3 is 19.3 Å². The van der Waals surface area contributed by atoms with E-state index in [9.17, 15) is 4.79 Å². The molecule has 0 spiro atoms. The van der Waals surface area contributed by atoms with Crippen molar-refractivity contribution in [3.8, 4) is 22.6 Å². The average Bonchev–Trinajstić information content (AvgIpc) is 3.11. The smallest absolute Gasteiger partial charge is 0.194 e. The molecule has 0 heterocycles. The summed E-state index contributed by atoms with van der Waals surface area (Å²) in [5.41, 5.74) is 3.28. The second-order valence-corrected chi connectivity index (χ2v) is 8.17. The van der Waals surface area contributed by atoms with Crippen molar-refractivity contribution in [2.24, 2.45) is 0 Å². The Morgan fingerprint density at radius 3 is 1.97 bits per heavy atom. The Labute approximate surface area is 193 Å². The molecular weight excluding hydrogens is 400 g/mol. The van der Waals surface area contributed by atoms with Crippen LogP contribution in [-0.4, -0.2) is 68.1 Å². The summed E-state index contributed by atoms with van der Waals surface area (Å²) in [4.78, 5) is 17.7. The van der Waals surface area contributed by atoms with E-state index in [2.05, 4.69) is 37.5 Å². The van der Waals surface area contributed by atoms with Crippen LogP contribution in [0.3, 0.4) is 0 Å². The molecule has 0 bridgehead atoms. The van der Waals surface area contributed by atoms with Gasteiger partial charge in [-0.3, -0.25) is 4.79 Å². The van der Waals surface area contributed by atoms with Gasteiger partial charge in [0.05, 0.1) is 13.2 Å². The van der Waals surface area contributed by atoms with E-state index in [1.54, 1.807) is 0 Å². The Kier molecular flexibility index (Phi) is 9.12. The van der Waals surface area contributed by atoms with E-state index >= 15 is 0 Å². The van der Waals surface area contributed by atoms with Crippen LogP contribution in [0.4, 0.5) is 0 Å². The fourth-order valence-electron chi connectivity index (χ4n) is 4.31. The highest BCUT2D eigenvalue weighted by Crippen LogP contribution is 2.44. The van der Waals surface area contributed by atoms with Gasteiger partial charge >= 0.3 is 0 Å². The van der Waals surface area contributed by atoms with Crippen LogP contribution in [0.25, 0.3) is 11.1 Å². The van der Waals surface area contributed by atoms with E-state index in [0.29, 0.717) is 13.2 Å². The summed E-state index contributed by atoms with van der Waals surface area (Å²) in [6.45, 7) is 16.3.